The van der Waals surface area contributed by atoms with Gasteiger partial charge in [0.05, 0.1) is 0 Å². The van der Waals surface area contributed by atoms with E-state index in [1.165, 1.54) is 13.8 Å². The molecule has 0 spiro atoms. The number of carbonyl (C=O) groups is 1. The van der Waals surface area contributed by atoms with Crippen LogP contribution >= 0.6 is 0 Å². The highest BCUT2D eigenvalue weighted by atomic mass is 16.5. The Hall–Kier alpha value is -3.30. The summed E-state index contributed by atoms with van der Waals surface area (Å²) in [6, 6.07) is 14.7. The molecule has 2 atom stereocenters. The number of hydrogen-bond donors (Lipinski definition) is 2. The molecule has 6 nitrogen and oxygen atoms in total. The van der Waals surface area contributed by atoms with Crippen LogP contribution in [-0.2, 0) is 4.79 Å². The molecule has 3 rings (SSSR count). The Morgan fingerprint density at radius 3 is 2.53 bits per heavy atom. The van der Waals surface area contributed by atoms with Crippen LogP contribution in [0.1, 0.15) is 57.7 Å². The van der Waals surface area contributed by atoms with Crippen LogP contribution in [0.3, 0.4) is 0 Å². The summed E-state index contributed by atoms with van der Waals surface area (Å²) < 4.78 is 11.5. The number of nitrogens with zero attached hydrogens (tertiary/aromatic N) is 1. The number of benzene rings is 2. The number of aromatic nitrogens is 1. The minimum Gasteiger partial charge on any atom is -0.478 e. The summed E-state index contributed by atoms with van der Waals surface area (Å²) in [7, 11) is 0. The van der Waals surface area contributed by atoms with E-state index in [4.69, 9.17) is 9.15 Å². The van der Waals surface area contributed by atoms with Crippen LogP contribution in [0, 0.1) is 11.8 Å². The quantitative estimate of drug-likeness (QED) is 0.519. The van der Waals surface area contributed by atoms with E-state index < -0.39 is 11.6 Å². The van der Waals surface area contributed by atoms with E-state index in [1.54, 1.807) is 19.1 Å². The molecule has 0 bridgehead atoms. The van der Waals surface area contributed by atoms with Crippen LogP contribution in [0.2, 0.25) is 0 Å². The van der Waals surface area contributed by atoms with E-state index in [9.17, 15) is 9.90 Å². The molecule has 0 aliphatic rings. The van der Waals surface area contributed by atoms with Gasteiger partial charge in [-0.15, -0.1) is 5.92 Å². The predicted octanol–water partition coefficient (Wildman–Crippen LogP) is 4.88. The Kier molecular flexibility index (Phi) is 6.43. The van der Waals surface area contributed by atoms with Crippen molar-refractivity contribution < 1.29 is 19.1 Å². The number of oxazole rings is 1. The maximum absolute atomic E-state index is 11.3. The molecule has 30 heavy (non-hydrogen) atoms. The van der Waals surface area contributed by atoms with E-state index in [-0.39, 0.29) is 12.1 Å². The SMILES string of the molecule is CC#CC(NC(CC)c1ccc(OC(C)(C)C(=O)O)cc1)c1nc2ccccc2o1. The van der Waals surface area contributed by atoms with Crippen molar-refractivity contribution >= 4 is 17.1 Å². The van der Waals surface area contributed by atoms with Gasteiger partial charge in [-0.25, -0.2) is 9.78 Å². The summed E-state index contributed by atoms with van der Waals surface area (Å²) in [4.78, 5) is 15.8. The van der Waals surface area contributed by atoms with E-state index in [0.29, 0.717) is 11.6 Å². The molecule has 6 heteroatoms. The molecule has 0 radical (unpaired) electrons. The number of nitrogens with one attached hydrogen (secondary N) is 1. The van der Waals surface area contributed by atoms with E-state index in [2.05, 4.69) is 29.1 Å². The molecule has 3 aromatic rings. The Morgan fingerprint density at radius 2 is 1.93 bits per heavy atom. The number of rotatable bonds is 8. The summed E-state index contributed by atoms with van der Waals surface area (Å²) in [5, 5.41) is 12.8. The zero-order chi connectivity index (χ0) is 21.7. The Balaban J connectivity index is 1.79. The summed E-state index contributed by atoms with van der Waals surface area (Å²) in [6.45, 7) is 6.91. The van der Waals surface area contributed by atoms with Crippen LogP contribution in [0.15, 0.2) is 52.9 Å². The number of ether oxygens (including phenoxy) is 1. The van der Waals surface area contributed by atoms with Crippen molar-refractivity contribution in [3.8, 4) is 17.6 Å². The monoisotopic (exact) mass is 406 g/mol. The van der Waals surface area contributed by atoms with Crippen LogP contribution in [0.25, 0.3) is 11.1 Å². The number of fused-ring (bicyclic) bond motifs is 1. The third-order valence-electron chi connectivity index (χ3n) is 4.79. The second-order valence-corrected chi connectivity index (χ2v) is 7.46. The lowest BCUT2D eigenvalue weighted by molar-refractivity contribution is -0.152. The zero-order valence-corrected chi connectivity index (χ0v) is 17.6. The standard InChI is InChI=1S/C24H26N2O4/c1-5-9-20(22-26-19-10-7-8-11-21(19)29-22)25-18(6-2)16-12-14-17(15-13-16)30-24(3,4)23(27)28/h7-8,10-15,18,20,25H,6H2,1-4H3,(H,27,28). The molecule has 2 unspecified atom stereocenters. The summed E-state index contributed by atoms with van der Waals surface area (Å²) >= 11 is 0. The van der Waals surface area contributed by atoms with Gasteiger partial charge < -0.3 is 14.3 Å². The second kappa shape index (κ2) is 9.02. The maximum Gasteiger partial charge on any atom is 0.347 e. The highest BCUT2D eigenvalue weighted by molar-refractivity contribution is 5.76. The molecule has 0 aliphatic carbocycles. The van der Waals surface area contributed by atoms with Crippen LogP contribution in [0.4, 0.5) is 0 Å². The largest absolute Gasteiger partial charge is 0.478 e. The molecule has 1 aromatic heterocycles. The molecule has 0 saturated heterocycles. The molecule has 2 N–H and O–H groups in total. The summed E-state index contributed by atoms with van der Waals surface area (Å²) in [5.74, 6) is 6.11. The number of aliphatic carboxylic acids is 1. The third kappa shape index (κ3) is 4.81. The topological polar surface area (TPSA) is 84.6 Å². The minimum absolute atomic E-state index is 0.00685. The first-order valence-corrected chi connectivity index (χ1v) is 9.90. The summed E-state index contributed by atoms with van der Waals surface area (Å²) in [5.41, 5.74) is 1.27. The average Bonchev–Trinajstić information content (AvgIpc) is 3.15. The van der Waals surface area contributed by atoms with Gasteiger partial charge in [-0.1, -0.05) is 37.1 Å². The van der Waals surface area contributed by atoms with Gasteiger partial charge in [0.1, 0.15) is 17.3 Å². The molecule has 1 heterocycles. The van der Waals surface area contributed by atoms with Crippen molar-refractivity contribution in [3.63, 3.8) is 0 Å². The fourth-order valence-corrected chi connectivity index (χ4v) is 3.09. The van der Waals surface area contributed by atoms with E-state index >= 15 is 0 Å². The molecule has 0 aliphatic heterocycles. The zero-order valence-electron chi connectivity index (χ0n) is 17.6. The normalized spacial score (nSPS) is 13.3. The van der Waals surface area contributed by atoms with Gasteiger partial charge in [0.25, 0.3) is 0 Å². The Morgan fingerprint density at radius 1 is 1.23 bits per heavy atom. The van der Waals surface area contributed by atoms with Crippen LogP contribution in [-0.4, -0.2) is 21.7 Å². The fraction of sp³-hybridized carbons (Fsp3) is 0.333. The molecule has 0 fully saturated rings. The second-order valence-electron chi connectivity index (χ2n) is 7.46. The van der Waals surface area contributed by atoms with Gasteiger partial charge in [-0.05, 0) is 57.0 Å². The molecule has 2 aromatic carbocycles. The van der Waals surface area contributed by atoms with Crippen molar-refractivity contribution in [2.24, 2.45) is 0 Å². The van der Waals surface area contributed by atoms with Crippen molar-refractivity contribution in [1.29, 1.82) is 0 Å². The predicted molar refractivity (Wildman–Crippen MR) is 115 cm³/mol. The van der Waals surface area contributed by atoms with Gasteiger partial charge in [-0.3, -0.25) is 5.32 Å². The van der Waals surface area contributed by atoms with Gasteiger partial charge >= 0.3 is 5.97 Å². The molecule has 0 saturated carbocycles. The molecular formula is C24H26N2O4. The Bertz CT molecular complexity index is 1040. The molecule has 156 valence electrons. The lowest BCUT2D eigenvalue weighted by Gasteiger charge is -2.23. The number of para-hydroxylation sites is 2. The highest BCUT2D eigenvalue weighted by Crippen LogP contribution is 2.27. The smallest absolute Gasteiger partial charge is 0.347 e. The van der Waals surface area contributed by atoms with Crippen LogP contribution < -0.4 is 10.1 Å². The first-order chi connectivity index (χ1) is 14.3. The number of carboxylic acid groups (broad SMARTS) is 1. The maximum atomic E-state index is 11.3. The highest BCUT2D eigenvalue weighted by Gasteiger charge is 2.29. The molecule has 0 amide bonds. The number of carboxylic acids is 1. The lowest BCUT2D eigenvalue weighted by atomic mass is 10.0. The average molecular weight is 406 g/mol. The van der Waals surface area contributed by atoms with Crippen molar-refractivity contribution in [2.45, 2.75) is 51.8 Å². The van der Waals surface area contributed by atoms with Gasteiger partial charge in [0.15, 0.2) is 11.2 Å². The first-order valence-electron chi connectivity index (χ1n) is 9.90. The minimum atomic E-state index is -1.29. The van der Waals surface area contributed by atoms with Gasteiger partial charge in [0, 0.05) is 6.04 Å². The van der Waals surface area contributed by atoms with Crippen molar-refractivity contribution in [1.82, 2.24) is 10.3 Å². The van der Waals surface area contributed by atoms with E-state index in [1.807, 2.05) is 36.4 Å². The fourth-order valence-electron chi connectivity index (χ4n) is 3.09. The van der Waals surface area contributed by atoms with E-state index in [0.717, 1.165) is 23.1 Å². The van der Waals surface area contributed by atoms with Crippen molar-refractivity contribution in [3.05, 3.63) is 60.0 Å². The summed E-state index contributed by atoms with van der Waals surface area (Å²) in [6.07, 6.45) is 0.822. The Labute approximate surface area is 176 Å². The molecular weight excluding hydrogens is 380 g/mol. The van der Waals surface area contributed by atoms with Gasteiger partial charge in [-0.2, -0.15) is 0 Å². The first kappa shape index (κ1) is 21.4. The third-order valence-corrected chi connectivity index (χ3v) is 4.79. The van der Waals surface area contributed by atoms with Crippen molar-refractivity contribution in [2.75, 3.05) is 0 Å². The van der Waals surface area contributed by atoms with Crippen LogP contribution in [0.5, 0.6) is 5.75 Å². The lowest BCUT2D eigenvalue weighted by Crippen LogP contribution is -2.37. The number of hydrogen-bond acceptors (Lipinski definition) is 5. The van der Waals surface area contributed by atoms with Gasteiger partial charge in [0.2, 0.25) is 5.89 Å².